The van der Waals surface area contributed by atoms with Crippen LogP contribution >= 0.6 is 0 Å². The summed E-state index contributed by atoms with van der Waals surface area (Å²) in [7, 11) is 1.89. The molecule has 1 amide bonds. The van der Waals surface area contributed by atoms with Crippen molar-refractivity contribution in [1.82, 2.24) is 10.6 Å². The minimum atomic E-state index is -0.221. The molecule has 21 heavy (non-hydrogen) atoms. The predicted octanol–water partition coefficient (Wildman–Crippen LogP) is 1.52. The summed E-state index contributed by atoms with van der Waals surface area (Å²) in [5.41, 5.74) is 1.72. The van der Waals surface area contributed by atoms with Gasteiger partial charge in [-0.05, 0) is 45.0 Å². The number of ether oxygens (including phenoxy) is 1. The van der Waals surface area contributed by atoms with Crippen LogP contribution in [-0.2, 0) is 16.0 Å². The molecule has 0 saturated carbocycles. The maximum Gasteiger partial charge on any atom is 0.305 e. The summed E-state index contributed by atoms with van der Waals surface area (Å²) >= 11 is 0. The number of carbonyl (C=O) groups excluding carboxylic acids is 2. The minimum Gasteiger partial charge on any atom is -0.466 e. The SMILES string of the molecule is CCOC(=O)CCCNC(=O)c1ccccc1CCNC. The molecular formula is C16H24N2O3. The van der Waals surface area contributed by atoms with Gasteiger partial charge < -0.3 is 15.4 Å². The largest absolute Gasteiger partial charge is 0.466 e. The van der Waals surface area contributed by atoms with Crippen LogP contribution in [0.3, 0.4) is 0 Å². The number of carbonyl (C=O) groups is 2. The van der Waals surface area contributed by atoms with Crippen LogP contribution in [0.25, 0.3) is 0 Å². The van der Waals surface area contributed by atoms with Crippen LogP contribution in [0.1, 0.15) is 35.7 Å². The van der Waals surface area contributed by atoms with Crippen molar-refractivity contribution in [3.05, 3.63) is 35.4 Å². The molecule has 0 aliphatic heterocycles. The summed E-state index contributed by atoms with van der Waals surface area (Å²) in [5.74, 6) is -0.313. The topological polar surface area (TPSA) is 67.4 Å². The van der Waals surface area contributed by atoms with Crippen LogP contribution in [0.4, 0.5) is 0 Å². The van der Waals surface area contributed by atoms with Crippen LogP contribution in [0, 0.1) is 0 Å². The molecule has 0 atom stereocenters. The first-order chi connectivity index (χ1) is 10.2. The molecule has 0 spiro atoms. The third-order valence-corrected chi connectivity index (χ3v) is 3.05. The second-order valence-corrected chi connectivity index (χ2v) is 4.68. The van der Waals surface area contributed by atoms with E-state index in [1.807, 2.05) is 31.3 Å². The molecule has 0 aliphatic rings. The Labute approximate surface area is 126 Å². The van der Waals surface area contributed by atoms with Crippen molar-refractivity contribution in [1.29, 1.82) is 0 Å². The van der Waals surface area contributed by atoms with Crippen LogP contribution in [0.5, 0.6) is 0 Å². The third kappa shape index (κ3) is 6.40. The Balaban J connectivity index is 2.43. The summed E-state index contributed by atoms with van der Waals surface area (Å²) in [4.78, 5) is 23.3. The van der Waals surface area contributed by atoms with E-state index >= 15 is 0 Å². The van der Waals surface area contributed by atoms with Gasteiger partial charge in [0.15, 0.2) is 0 Å². The number of nitrogens with one attached hydrogen (secondary N) is 2. The van der Waals surface area contributed by atoms with Crippen molar-refractivity contribution < 1.29 is 14.3 Å². The van der Waals surface area contributed by atoms with Crippen molar-refractivity contribution in [2.24, 2.45) is 0 Å². The molecule has 116 valence electrons. The Bertz CT molecular complexity index is 461. The maximum atomic E-state index is 12.2. The van der Waals surface area contributed by atoms with Gasteiger partial charge in [-0.25, -0.2) is 0 Å². The molecule has 0 radical (unpaired) electrons. The van der Waals surface area contributed by atoms with Crippen LogP contribution in [-0.4, -0.2) is 38.6 Å². The fourth-order valence-corrected chi connectivity index (χ4v) is 1.98. The molecule has 0 bridgehead atoms. The van der Waals surface area contributed by atoms with Gasteiger partial charge in [0, 0.05) is 18.5 Å². The molecule has 1 aromatic carbocycles. The van der Waals surface area contributed by atoms with Crippen LogP contribution in [0.2, 0.25) is 0 Å². The number of benzene rings is 1. The number of amides is 1. The Morgan fingerprint density at radius 2 is 1.95 bits per heavy atom. The first-order valence-corrected chi connectivity index (χ1v) is 7.35. The molecule has 5 nitrogen and oxygen atoms in total. The summed E-state index contributed by atoms with van der Waals surface area (Å²) in [6, 6.07) is 7.58. The predicted molar refractivity (Wildman–Crippen MR) is 82.3 cm³/mol. The standard InChI is InChI=1S/C16H24N2O3/c1-3-21-15(19)9-6-11-18-16(20)14-8-5-4-7-13(14)10-12-17-2/h4-5,7-8,17H,3,6,9-12H2,1-2H3,(H,18,20). The lowest BCUT2D eigenvalue weighted by molar-refractivity contribution is -0.143. The molecule has 5 heteroatoms. The fraction of sp³-hybridized carbons (Fsp3) is 0.500. The van der Waals surface area contributed by atoms with Gasteiger partial charge in [0.1, 0.15) is 0 Å². The summed E-state index contributed by atoms with van der Waals surface area (Å²) in [5, 5.41) is 5.92. The van der Waals surface area contributed by atoms with Gasteiger partial charge in [-0.2, -0.15) is 0 Å². The van der Waals surface area contributed by atoms with Gasteiger partial charge in [0.05, 0.1) is 6.61 Å². The second kappa shape index (κ2) is 9.94. The number of esters is 1. The van der Waals surface area contributed by atoms with E-state index in [0.29, 0.717) is 31.6 Å². The lowest BCUT2D eigenvalue weighted by atomic mass is 10.0. The van der Waals surface area contributed by atoms with Gasteiger partial charge in [0.2, 0.25) is 0 Å². The maximum absolute atomic E-state index is 12.2. The zero-order valence-electron chi connectivity index (χ0n) is 12.8. The van der Waals surface area contributed by atoms with Crippen molar-refractivity contribution in [3.8, 4) is 0 Å². The zero-order valence-corrected chi connectivity index (χ0v) is 12.8. The van der Waals surface area contributed by atoms with Crippen molar-refractivity contribution >= 4 is 11.9 Å². The highest BCUT2D eigenvalue weighted by Gasteiger charge is 2.10. The molecule has 0 heterocycles. The van der Waals surface area contributed by atoms with Crippen molar-refractivity contribution in [2.45, 2.75) is 26.2 Å². The first kappa shape index (κ1) is 17.2. The van der Waals surface area contributed by atoms with Gasteiger partial charge >= 0.3 is 5.97 Å². The summed E-state index contributed by atoms with van der Waals surface area (Å²) in [6.45, 7) is 3.47. The molecule has 0 unspecified atom stereocenters. The van der Waals surface area contributed by atoms with E-state index in [2.05, 4.69) is 10.6 Å². The van der Waals surface area contributed by atoms with E-state index in [4.69, 9.17) is 4.74 Å². The normalized spacial score (nSPS) is 10.2. The van der Waals surface area contributed by atoms with Crippen molar-refractivity contribution in [3.63, 3.8) is 0 Å². The molecular weight excluding hydrogens is 268 g/mol. The molecule has 0 saturated heterocycles. The van der Waals surface area contributed by atoms with E-state index < -0.39 is 0 Å². The van der Waals surface area contributed by atoms with Gasteiger partial charge in [0.25, 0.3) is 5.91 Å². The number of hydrogen-bond acceptors (Lipinski definition) is 4. The highest BCUT2D eigenvalue weighted by molar-refractivity contribution is 5.95. The second-order valence-electron chi connectivity index (χ2n) is 4.68. The molecule has 2 N–H and O–H groups in total. The minimum absolute atomic E-state index is 0.0921. The third-order valence-electron chi connectivity index (χ3n) is 3.05. The molecule has 0 fully saturated rings. The lowest BCUT2D eigenvalue weighted by Crippen LogP contribution is -2.26. The van der Waals surface area contributed by atoms with E-state index in [0.717, 1.165) is 18.5 Å². The van der Waals surface area contributed by atoms with Crippen LogP contribution < -0.4 is 10.6 Å². The van der Waals surface area contributed by atoms with E-state index in [1.165, 1.54) is 0 Å². The quantitative estimate of drug-likeness (QED) is 0.535. The average Bonchev–Trinajstić information content (AvgIpc) is 2.50. The fourth-order valence-electron chi connectivity index (χ4n) is 1.98. The van der Waals surface area contributed by atoms with Gasteiger partial charge in [-0.3, -0.25) is 9.59 Å². The molecule has 0 aliphatic carbocycles. The molecule has 1 aromatic rings. The lowest BCUT2D eigenvalue weighted by Gasteiger charge is -2.10. The van der Waals surface area contributed by atoms with E-state index in [9.17, 15) is 9.59 Å². The highest BCUT2D eigenvalue weighted by Crippen LogP contribution is 2.09. The number of likely N-dealkylation sites (N-methyl/N-ethyl adjacent to an activating group) is 1. The Morgan fingerprint density at radius 1 is 1.19 bits per heavy atom. The Kier molecular flexibility index (Phi) is 8.12. The number of hydrogen-bond donors (Lipinski definition) is 2. The molecule has 0 aromatic heterocycles. The smallest absolute Gasteiger partial charge is 0.305 e. The van der Waals surface area contributed by atoms with Gasteiger partial charge in [-0.15, -0.1) is 0 Å². The average molecular weight is 292 g/mol. The Hall–Kier alpha value is -1.88. The highest BCUT2D eigenvalue weighted by atomic mass is 16.5. The first-order valence-electron chi connectivity index (χ1n) is 7.35. The van der Waals surface area contributed by atoms with E-state index in [1.54, 1.807) is 6.92 Å². The summed E-state index contributed by atoms with van der Waals surface area (Å²) < 4.78 is 4.84. The van der Waals surface area contributed by atoms with Crippen molar-refractivity contribution in [2.75, 3.05) is 26.7 Å². The van der Waals surface area contributed by atoms with Crippen LogP contribution in [0.15, 0.2) is 24.3 Å². The van der Waals surface area contributed by atoms with E-state index in [-0.39, 0.29) is 11.9 Å². The zero-order chi connectivity index (χ0) is 15.5. The monoisotopic (exact) mass is 292 g/mol. The number of rotatable bonds is 9. The Morgan fingerprint density at radius 3 is 2.67 bits per heavy atom. The summed E-state index contributed by atoms with van der Waals surface area (Å²) in [6.07, 6.45) is 1.72. The van der Waals surface area contributed by atoms with Gasteiger partial charge in [-0.1, -0.05) is 18.2 Å². The molecule has 1 rings (SSSR count).